The Hall–Kier alpha value is -5.58. The second-order valence-corrected chi connectivity index (χ2v) is 11.3. The molecule has 232 valence electrons. The smallest absolute Gasteiger partial charge is 0.361 e. The second-order valence-electron chi connectivity index (χ2n) is 8.49. The predicted molar refractivity (Wildman–Crippen MR) is 149 cm³/mol. The van der Waals surface area contributed by atoms with Gasteiger partial charge in [0, 0.05) is 16.7 Å². The van der Waals surface area contributed by atoms with Crippen molar-refractivity contribution in [1.29, 1.82) is 0 Å². The topological polar surface area (TPSA) is 282 Å². The summed E-state index contributed by atoms with van der Waals surface area (Å²) in [4.78, 5) is 31.7. The van der Waals surface area contributed by atoms with E-state index in [9.17, 15) is 51.0 Å². The zero-order chi connectivity index (χ0) is 32.6. The van der Waals surface area contributed by atoms with Gasteiger partial charge in [-0.2, -0.15) is 22.4 Å². The minimum Gasteiger partial charge on any atom is -0.496 e. The van der Waals surface area contributed by atoms with Crippen molar-refractivity contribution >= 4 is 49.7 Å². The molecule has 4 rings (SSSR count). The quantitative estimate of drug-likeness (QED) is 0.126. The highest BCUT2D eigenvalue weighted by Gasteiger charge is 2.32. The van der Waals surface area contributed by atoms with Gasteiger partial charge in [-0.05, 0) is 23.8 Å². The Morgan fingerprint density at radius 3 is 1.86 bits per heavy atom. The zero-order valence-electron chi connectivity index (χ0n) is 22.1. The number of rotatable bonds is 9. The van der Waals surface area contributed by atoms with E-state index in [1.165, 1.54) is 18.2 Å². The van der Waals surface area contributed by atoms with Crippen molar-refractivity contribution in [2.24, 2.45) is 5.10 Å². The summed E-state index contributed by atoms with van der Waals surface area (Å²) in [6.45, 7) is 0. The summed E-state index contributed by atoms with van der Waals surface area (Å²) in [5, 5.41) is 30.1. The fourth-order valence-electron chi connectivity index (χ4n) is 4.19. The number of hydrazone groups is 1. The van der Waals surface area contributed by atoms with Crippen LogP contribution in [-0.2, 0) is 20.2 Å². The van der Waals surface area contributed by atoms with Crippen molar-refractivity contribution in [2.75, 3.05) is 19.5 Å². The lowest BCUT2D eigenvalue weighted by Gasteiger charge is -2.22. The van der Waals surface area contributed by atoms with E-state index in [4.69, 9.17) is 9.47 Å². The van der Waals surface area contributed by atoms with Gasteiger partial charge >= 0.3 is 26.3 Å². The molecule has 0 saturated heterocycles. The fourth-order valence-corrected chi connectivity index (χ4v) is 5.52. The summed E-state index contributed by atoms with van der Waals surface area (Å²) >= 11 is 0. The summed E-state index contributed by atoms with van der Waals surface area (Å²) in [5.74, 6) is -0.676. The van der Waals surface area contributed by atoms with Gasteiger partial charge in [-0.1, -0.05) is 12.1 Å². The van der Waals surface area contributed by atoms with E-state index in [2.05, 4.69) is 21.4 Å². The van der Waals surface area contributed by atoms with Crippen LogP contribution in [0.2, 0.25) is 0 Å². The first-order chi connectivity index (χ1) is 20.6. The van der Waals surface area contributed by atoms with Gasteiger partial charge in [-0.15, -0.1) is 10.2 Å². The second kappa shape index (κ2) is 11.6. The number of nitrogens with one attached hydrogen (secondary N) is 3. The zero-order valence-corrected chi connectivity index (χ0v) is 23.7. The van der Waals surface area contributed by atoms with E-state index in [1.54, 1.807) is 0 Å². The molecule has 5 N–H and O–H groups in total. The Kier molecular flexibility index (Phi) is 8.27. The highest BCUT2D eigenvalue weighted by Crippen LogP contribution is 2.48. The van der Waals surface area contributed by atoms with E-state index in [1.807, 2.05) is 0 Å². The van der Waals surface area contributed by atoms with Crippen LogP contribution in [0.4, 0.5) is 21.9 Å². The number of carbonyl (C=O) groups is 1. The predicted octanol–water partition coefficient (Wildman–Crippen LogP) is 2.15. The number of amides is 2. The van der Waals surface area contributed by atoms with Crippen LogP contribution >= 0.6 is 0 Å². The van der Waals surface area contributed by atoms with E-state index in [-0.39, 0.29) is 39.4 Å². The summed E-state index contributed by atoms with van der Waals surface area (Å²) in [6.07, 6.45) is 1.12. The number of nitro benzene ring substituents is 2. The molecule has 1 aliphatic heterocycles. The van der Waals surface area contributed by atoms with Crippen LogP contribution in [0.15, 0.2) is 57.4 Å². The Bertz CT molecular complexity index is 1960. The molecule has 3 aromatic carbocycles. The number of ether oxygens (including phenoxy) is 2. The van der Waals surface area contributed by atoms with Crippen LogP contribution in [0.3, 0.4) is 0 Å². The van der Waals surface area contributed by atoms with Gasteiger partial charge in [-0.25, -0.2) is 4.79 Å². The number of carbonyl (C=O) groups excluding carboxylic acids is 1. The molecule has 1 aliphatic rings. The minimum absolute atomic E-state index is 0.119. The number of anilines is 1. The summed E-state index contributed by atoms with van der Waals surface area (Å²) < 4.78 is 78.9. The first-order valence-electron chi connectivity index (χ1n) is 11.5. The van der Waals surface area contributed by atoms with Crippen molar-refractivity contribution in [1.82, 2.24) is 16.1 Å². The normalized spacial score (nSPS) is 12.7. The van der Waals surface area contributed by atoms with Crippen molar-refractivity contribution in [3.05, 3.63) is 62.7 Å². The number of methoxy groups -OCH3 is 2. The van der Waals surface area contributed by atoms with Crippen molar-refractivity contribution in [3.8, 4) is 33.8 Å². The summed E-state index contributed by atoms with van der Waals surface area (Å²) in [6, 6.07) is 5.80. The van der Waals surface area contributed by atoms with Gasteiger partial charge < -0.3 is 14.8 Å². The Morgan fingerprint density at radius 1 is 0.886 bits per heavy atom. The van der Waals surface area contributed by atoms with Crippen molar-refractivity contribution < 1.29 is 50.1 Å². The van der Waals surface area contributed by atoms with Crippen LogP contribution < -0.4 is 25.8 Å². The van der Waals surface area contributed by atoms with E-state index < -0.39 is 57.3 Å². The van der Waals surface area contributed by atoms with Crippen LogP contribution in [0.25, 0.3) is 22.3 Å². The van der Waals surface area contributed by atoms with Gasteiger partial charge in [0.25, 0.3) is 11.4 Å². The largest absolute Gasteiger partial charge is 0.496 e. The molecular weight excluding hydrogens is 634 g/mol. The number of hydrogen-bond donors (Lipinski definition) is 5. The number of hydrogen-bond acceptors (Lipinski definition) is 14. The molecule has 3 aromatic rings. The number of urea groups is 1. The molecular formula is C22H19N7O13S2. The van der Waals surface area contributed by atoms with Gasteiger partial charge in [0.15, 0.2) is 9.79 Å². The maximum atomic E-state index is 12.9. The molecule has 1 heterocycles. The molecule has 2 amide bonds. The molecule has 0 saturated carbocycles. The maximum Gasteiger partial charge on any atom is 0.361 e. The third-order valence-corrected chi connectivity index (χ3v) is 7.75. The molecule has 20 nitrogen and oxygen atoms in total. The average Bonchev–Trinajstić information content (AvgIpc) is 3.50. The van der Waals surface area contributed by atoms with Gasteiger partial charge in [0.1, 0.15) is 17.8 Å². The van der Waals surface area contributed by atoms with Crippen molar-refractivity contribution in [2.45, 2.75) is 9.79 Å². The van der Waals surface area contributed by atoms with Gasteiger partial charge in [0.05, 0.1) is 41.9 Å². The van der Waals surface area contributed by atoms with Crippen LogP contribution in [0.5, 0.6) is 11.5 Å². The molecule has 0 atom stereocenters. The molecule has 22 heteroatoms. The van der Waals surface area contributed by atoms with Crippen LogP contribution in [0.1, 0.15) is 0 Å². The standard InChI is InChI=1S/C22H19N7O13S2/c1-41-17-8-15(28(31)32)19(43(35,36)37)6-12(17)11-4-3-5-14(25-22(30)27-24-10-23-26-27)21(11)13-7-20(44(38,39)40)16(29(33)34)9-18(13)42-2/h3-10,26H,1-2H3,(H,23,24)(H,25,30)(H,35,36,37)(H,38,39,40). The average molecular weight is 654 g/mol. The third kappa shape index (κ3) is 5.98. The molecule has 0 bridgehead atoms. The summed E-state index contributed by atoms with van der Waals surface area (Å²) in [5.41, 5.74) is 1.60. The van der Waals surface area contributed by atoms with E-state index >= 15 is 0 Å². The van der Waals surface area contributed by atoms with E-state index in [0.717, 1.165) is 25.7 Å². The van der Waals surface area contributed by atoms with E-state index in [0.29, 0.717) is 24.3 Å². The molecule has 0 spiro atoms. The Morgan fingerprint density at radius 2 is 1.41 bits per heavy atom. The number of hydrazine groups is 2. The van der Waals surface area contributed by atoms with Crippen molar-refractivity contribution in [3.63, 3.8) is 0 Å². The number of nitrogens with zero attached hydrogens (tertiary/aromatic N) is 4. The molecule has 0 aliphatic carbocycles. The van der Waals surface area contributed by atoms with Gasteiger partial charge in [-0.3, -0.25) is 34.8 Å². The lowest BCUT2D eigenvalue weighted by atomic mass is 9.91. The Labute approximate surface area is 246 Å². The highest BCUT2D eigenvalue weighted by atomic mass is 32.2. The third-order valence-electron chi connectivity index (χ3n) is 5.99. The molecule has 0 unspecified atom stereocenters. The first-order valence-corrected chi connectivity index (χ1v) is 14.4. The molecule has 0 fully saturated rings. The molecule has 0 aromatic heterocycles. The van der Waals surface area contributed by atoms with Gasteiger partial charge in [0.2, 0.25) is 0 Å². The minimum atomic E-state index is -5.26. The monoisotopic (exact) mass is 653 g/mol. The lowest BCUT2D eigenvalue weighted by molar-refractivity contribution is -0.388. The fraction of sp³-hybridized carbons (Fsp3) is 0.0909. The Balaban J connectivity index is 2.16. The van der Waals surface area contributed by atoms with Crippen LogP contribution in [0, 0.1) is 20.2 Å². The van der Waals surface area contributed by atoms with Crippen LogP contribution in [-0.4, -0.2) is 67.5 Å². The first kappa shape index (κ1) is 31.4. The summed E-state index contributed by atoms with van der Waals surface area (Å²) in [7, 11) is -8.31. The maximum absolute atomic E-state index is 12.9. The molecule has 0 radical (unpaired) electrons. The number of nitro groups is 2. The molecule has 44 heavy (non-hydrogen) atoms. The highest BCUT2D eigenvalue weighted by molar-refractivity contribution is 7.86. The lowest BCUT2D eigenvalue weighted by Crippen LogP contribution is -2.46. The SMILES string of the molecule is COc1cc([N+](=O)[O-])c(S(=O)(=O)O)cc1-c1cccc(NC(=O)N2NC=NN2)c1-c1cc(S(=O)(=O)O)c([N+](=O)[O-])cc1OC. The number of benzene rings is 3.